The molecular formula is C30H27F4N5. The SMILES string of the molecule is Cc1cc(N(Cc2cn(-c3ncccc3C(F)(F)F)c3ccccc23)[C@H]2CC[C@H](N)C2)nc2ccc(F)cc12. The second kappa shape index (κ2) is 9.64. The van der Waals surface area contributed by atoms with Crippen molar-refractivity contribution in [3.8, 4) is 5.82 Å². The quantitative estimate of drug-likeness (QED) is 0.249. The lowest BCUT2D eigenvalue weighted by Crippen LogP contribution is -2.35. The molecule has 2 atom stereocenters. The number of alkyl halides is 3. The summed E-state index contributed by atoms with van der Waals surface area (Å²) in [6.45, 7) is 2.34. The van der Waals surface area contributed by atoms with E-state index in [0.717, 1.165) is 53.0 Å². The molecule has 0 amide bonds. The Bertz CT molecular complexity index is 1680. The Hall–Kier alpha value is -3.98. The van der Waals surface area contributed by atoms with Crippen LogP contribution in [-0.4, -0.2) is 26.6 Å². The van der Waals surface area contributed by atoms with Crippen LogP contribution in [0.1, 0.15) is 36.0 Å². The van der Waals surface area contributed by atoms with Gasteiger partial charge in [0, 0.05) is 41.8 Å². The van der Waals surface area contributed by atoms with Gasteiger partial charge in [-0.1, -0.05) is 18.2 Å². The smallest absolute Gasteiger partial charge is 0.349 e. The van der Waals surface area contributed by atoms with Crippen LogP contribution >= 0.6 is 0 Å². The largest absolute Gasteiger partial charge is 0.419 e. The molecule has 2 aromatic carbocycles. The molecule has 0 aliphatic heterocycles. The molecule has 1 aliphatic rings. The summed E-state index contributed by atoms with van der Waals surface area (Å²) in [5.41, 5.74) is 8.56. The molecule has 0 saturated heterocycles. The molecule has 6 rings (SSSR count). The van der Waals surface area contributed by atoms with Crippen molar-refractivity contribution in [1.82, 2.24) is 14.5 Å². The van der Waals surface area contributed by atoms with Gasteiger partial charge in [0.2, 0.25) is 0 Å². The van der Waals surface area contributed by atoms with Crippen molar-refractivity contribution in [1.29, 1.82) is 0 Å². The van der Waals surface area contributed by atoms with Crippen molar-refractivity contribution in [3.05, 3.63) is 95.6 Å². The number of nitrogens with zero attached hydrogens (tertiary/aromatic N) is 4. The van der Waals surface area contributed by atoms with Crippen LogP contribution < -0.4 is 10.6 Å². The molecule has 0 radical (unpaired) electrons. The van der Waals surface area contributed by atoms with Crippen LogP contribution in [0, 0.1) is 12.7 Å². The second-order valence-corrected chi connectivity index (χ2v) is 10.2. The van der Waals surface area contributed by atoms with Crippen molar-refractivity contribution in [2.45, 2.75) is 51.0 Å². The van der Waals surface area contributed by atoms with Gasteiger partial charge in [-0.05, 0) is 79.8 Å². The second-order valence-electron chi connectivity index (χ2n) is 10.2. The zero-order chi connectivity index (χ0) is 27.3. The normalized spacial score (nSPS) is 17.8. The van der Waals surface area contributed by atoms with Crippen LogP contribution in [0.3, 0.4) is 0 Å². The summed E-state index contributed by atoms with van der Waals surface area (Å²) in [4.78, 5) is 11.2. The fourth-order valence-electron chi connectivity index (χ4n) is 5.71. The Morgan fingerprint density at radius 2 is 1.85 bits per heavy atom. The molecule has 5 nitrogen and oxygen atoms in total. The van der Waals surface area contributed by atoms with Crippen molar-refractivity contribution >= 4 is 27.6 Å². The first-order valence-corrected chi connectivity index (χ1v) is 12.9. The Kier molecular flexibility index (Phi) is 6.26. The number of hydrogen-bond acceptors (Lipinski definition) is 4. The van der Waals surface area contributed by atoms with Crippen molar-refractivity contribution in [3.63, 3.8) is 0 Å². The molecule has 2 N–H and O–H groups in total. The summed E-state index contributed by atoms with van der Waals surface area (Å²) in [5, 5.41) is 1.58. The number of hydrogen-bond donors (Lipinski definition) is 1. The van der Waals surface area contributed by atoms with E-state index in [0.29, 0.717) is 17.6 Å². The van der Waals surface area contributed by atoms with E-state index in [-0.39, 0.29) is 23.7 Å². The van der Waals surface area contributed by atoms with Gasteiger partial charge in [-0.25, -0.2) is 14.4 Å². The highest BCUT2D eigenvalue weighted by Gasteiger charge is 2.35. The predicted molar refractivity (Wildman–Crippen MR) is 144 cm³/mol. The molecular weight excluding hydrogens is 506 g/mol. The number of nitrogens with two attached hydrogens (primary N) is 1. The van der Waals surface area contributed by atoms with Gasteiger partial charge in [-0.3, -0.25) is 0 Å². The highest BCUT2D eigenvalue weighted by molar-refractivity contribution is 5.87. The average Bonchev–Trinajstić information content (AvgIpc) is 3.50. The number of halogens is 4. The first kappa shape index (κ1) is 25.3. The van der Waals surface area contributed by atoms with Crippen LogP contribution in [0.2, 0.25) is 0 Å². The monoisotopic (exact) mass is 533 g/mol. The van der Waals surface area contributed by atoms with E-state index in [1.165, 1.54) is 29.0 Å². The number of benzene rings is 2. The van der Waals surface area contributed by atoms with E-state index < -0.39 is 11.7 Å². The molecule has 200 valence electrons. The lowest BCUT2D eigenvalue weighted by atomic mass is 10.1. The Labute approximate surface area is 222 Å². The predicted octanol–water partition coefficient (Wildman–Crippen LogP) is 6.93. The molecule has 1 aliphatic carbocycles. The number of aryl methyl sites for hydroxylation is 1. The topological polar surface area (TPSA) is 60.0 Å². The third-order valence-electron chi connectivity index (χ3n) is 7.60. The van der Waals surface area contributed by atoms with E-state index in [1.807, 2.05) is 25.1 Å². The van der Waals surface area contributed by atoms with Gasteiger partial charge < -0.3 is 15.2 Å². The minimum absolute atomic E-state index is 0.0670. The molecule has 0 spiro atoms. The van der Waals surface area contributed by atoms with Crippen LogP contribution in [0.5, 0.6) is 0 Å². The van der Waals surface area contributed by atoms with Gasteiger partial charge in [0.15, 0.2) is 0 Å². The molecule has 3 heterocycles. The zero-order valence-electron chi connectivity index (χ0n) is 21.3. The summed E-state index contributed by atoms with van der Waals surface area (Å²) >= 11 is 0. The molecule has 9 heteroatoms. The Balaban J connectivity index is 1.49. The van der Waals surface area contributed by atoms with Crippen LogP contribution in [0.4, 0.5) is 23.4 Å². The molecule has 39 heavy (non-hydrogen) atoms. The number of anilines is 1. The number of para-hydroxylation sites is 1. The van der Waals surface area contributed by atoms with Crippen molar-refractivity contribution < 1.29 is 17.6 Å². The standard InChI is InChI=1S/C30H27F4N5/c1-18-13-28(37-26-11-8-20(31)14-24(18)26)38(22-10-9-21(35)15-22)16-19-17-39(27-7-3-2-5-23(19)27)29-25(30(32,33)34)6-4-12-36-29/h2-8,11-14,17,21-22H,9-10,15-16,35H2,1H3/t21-,22-/m0/s1. The van der Waals surface area contributed by atoms with E-state index in [2.05, 4.69) is 9.88 Å². The van der Waals surface area contributed by atoms with E-state index >= 15 is 0 Å². The maximum atomic E-state index is 13.9. The van der Waals surface area contributed by atoms with Crippen LogP contribution in [0.15, 0.2) is 73.1 Å². The molecule has 0 bridgehead atoms. The minimum atomic E-state index is -4.55. The summed E-state index contributed by atoms with van der Waals surface area (Å²) in [6.07, 6.45) is 1.10. The number of pyridine rings is 2. The van der Waals surface area contributed by atoms with Gasteiger partial charge in [-0.2, -0.15) is 13.2 Å². The zero-order valence-corrected chi connectivity index (χ0v) is 21.3. The van der Waals surface area contributed by atoms with Gasteiger partial charge in [-0.15, -0.1) is 0 Å². The lowest BCUT2D eigenvalue weighted by molar-refractivity contribution is -0.137. The van der Waals surface area contributed by atoms with E-state index in [1.54, 1.807) is 24.4 Å². The molecule has 5 aromatic rings. The number of rotatable bonds is 5. The maximum absolute atomic E-state index is 13.9. The Morgan fingerprint density at radius 3 is 2.62 bits per heavy atom. The molecule has 3 aromatic heterocycles. The summed E-state index contributed by atoms with van der Waals surface area (Å²) < 4.78 is 57.1. The first-order valence-electron chi connectivity index (χ1n) is 12.9. The fraction of sp³-hybridized carbons (Fsp3) is 0.267. The van der Waals surface area contributed by atoms with E-state index in [9.17, 15) is 17.6 Å². The van der Waals surface area contributed by atoms with Gasteiger partial charge in [0.1, 0.15) is 17.5 Å². The lowest BCUT2D eigenvalue weighted by Gasteiger charge is -2.31. The van der Waals surface area contributed by atoms with Crippen LogP contribution in [0.25, 0.3) is 27.6 Å². The highest BCUT2D eigenvalue weighted by atomic mass is 19.4. The van der Waals surface area contributed by atoms with Gasteiger partial charge >= 0.3 is 6.18 Å². The minimum Gasteiger partial charge on any atom is -0.349 e. The average molecular weight is 534 g/mol. The first-order chi connectivity index (χ1) is 18.7. The van der Waals surface area contributed by atoms with Crippen molar-refractivity contribution in [2.75, 3.05) is 4.90 Å². The number of aromatic nitrogens is 3. The van der Waals surface area contributed by atoms with Crippen molar-refractivity contribution in [2.24, 2.45) is 5.73 Å². The molecule has 1 fully saturated rings. The summed E-state index contributed by atoms with van der Waals surface area (Å²) in [6, 6.07) is 16.4. The highest BCUT2D eigenvalue weighted by Crippen LogP contribution is 2.37. The Morgan fingerprint density at radius 1 is 1.03 bits per heavy atom. The maximum Gasteiger partial charge on any atom is 0.419 e. The van der Waals surface area contributed by atoms with Crippen LogP contribution in [-0.2, 0) is 12.7 Å². The van der Waals surface area contributed by atoms with Gasteiger partial charge in [0.25, 0.3) is 0 Å². The fourth-order valence-corrected chi connectivity index (χ4v) is 5.71. The summed E-state index contributed by atoms with van der Waals surface area (Å²) in [5.74, 6) is 0.249. The number of fused-ring (bicyclic) bond motifs is 2. The molecule has 0 unspecified atom stereocenters. The molecule has 1 saturated carbocycles. The van der Waals surface area contributed by atoms with E-state index in [4.69, 9.17) is 10.7 Å². The van der Waals surface area contributed by atoms with Gasteiger partial charge in [0.05, 0.1) is 16.6 Å². The third kappa shape index (κ3) is 4.71. The third-order valence-corrected chi connectivity index (χ3v) is 7.60. The summed E-state index contributed by atoms with van der Waals surface area (Å²) in [7, 11) is 0.